The summed E-state index contributed by atoms with van der Waals surface area (Å²) in [5.74, 6) is 0.815. The second-order valence-corrected chi connectivity index (χ2v) is 8.47. The molecule has 4 nitrogen and oxygen atoms in total. The highest BCUT2D eigenvalue weighted by molar-refractivity contribution is 7.20. The topological polar surface area (TPSA) is 38.1 Å². The van der Waals surface area contributed by atoms with Gasteiger partial charge in [0.15, 0.2) is 0 Å². The largest absolute Gasteiger partial charge is 0.337 e. The van der Waals surface area contributed by atoms with Gasteiger partial charge in [0.05, 0.1) is 4.88 Å². The fourth-order valence-electron chi connectivity index (χ4n) is 3.98. The smallest absolute Gasteiger partial charge is 0.264 e. The van der Waals surface area contributed by atoms with Crippen molar-refractivity contribution >= 4 is 27.5 Å². The van der Waals surface area contributed by atoms with E-state index in [-0.39, 0.29) is 11.7 Å². The number of thiophene rings is 1. The van der Waals surface area contributed by atoms with Crippen molar-refractivity contribution in [1.82, 2.24) is 14.7 Å². The predicted molar refractivity (Wildman–Crippen MR) is 103 cm³/mol. The molecule has 136 valence electrons. The van der Waals surface area contributed by atoms with Gasteiger partial charge < -0.3 is 4.90 Å². The van der Waals surface area contributed by atoms with Crippen LogP contribution in [0.25, 0.3) is 21.5 Å². The van der Waals surface area contributed by atoms with E-state index >= 15 is 0 Å². The maximum atomic E-state index is 14.2. The summed E-state index contributed by atoms with van der Waals surface area (Å²) in [5, 5.41) is 5.32. The molecule has 2 atom stereocenters. The third-order valence-electron chi connectivity index (χ3n) is 5.01. The monoisotopic (exact) mass is 371 g/mol. The van der Waals surface area contributed by atoms with Gasteiger partial charge in [-0.3, -0.25) is 9.48 Å². The van der Waals surface area contributed by atoms with Crippen molar-refractivity contribution < 1.29 is 9.18 Å². The van der Waals surface area contributed by atoms with Crippen LogP contribution >= 0.6 is 11.3 Å². The van der Waals surface area contributed by atoms with Crippen molar-refractivity contribution in [1.29, 1.82) is 0 Å². The van der Waals surface area contributed by atoms with Gasteiger partial charge in [0.2, 0.25) is 0 Å². The fourth-order valence-corrected chi connectivity index (χ4v) is 5.02. The lowest BCUT2D eigenvalue weighted by Gasteiger charge is -2.34. The number of hydrogen-bond acceptors (Lipinski definition) is 3. The zero-order valence-corrected chi connectivity index (χ0v) is 16.0. The number of carbonyl (C=O) groups is 1. The van der Waals surface area contributed by atoms with E-state index in [1.54, 1.807) is 22.9 Å². The number of fused-ring (bicyclic) bond motifs is 1. The summed E-state index contributed by atoms with van der Waals surface area (Å²) in [6.45, 7) is 5.99. The number of likely N-dealkylation sites (tertiary alicyclic amines) is 1. The first-order valence-corrected chi connectivity index (χ1v) is 9.76. The molecule has 3 heterocycles. The molecular weight excluding hydrogens is 349 g/mol. The molecule has 0 radical (unpaired) electrons. The standard InChI is InChI=1S/C20H22FN3OS/c1-12-8-13(2)11-24(10-12)19(25)17-9-15-18(22-23(3)20(15)26-17)14-6-4-5-7-16(14)21/h4-7,9,12-13H,8,10-11H2,1-3H3/t12-,13-/m0/s1. The van der Waals surface area contributed by atoms with Gasteiger partial charge in [0.25, 0.3) is 5.91 Å². The third kappa shape index (κ3) is 2.92. The van der Waals surface area contributed by atoms with Crippen molar-refractivity contribution in [2.45, 2.75) is 20.3 Å². The Morgan fingerprint density at radius 3 is 2.62 bits per heavy atom. The maximum absolute atomic E-state index is 14.2. The molecule has 0 unspecified atom stereocenters. The van der Waals surface area contributed by atoms with E-state index in [1.807, 2.05) is 18.0 Å². The lowest BCUT2D eigenvalue weighted by Crippen LogP contribution is -2.42. The van der Waals surface area contributed by atoms with Crippen LogP contribution in [0.4, 0.5) is 4.39 Å². The SMILES string of the molecule is C[C@H]1C[C@H](C)CN(C(=O)c2cc3c(-c4ccccc4F)nn(C)c3s2)C1. The summed E-state index contributed by atoms with van der Waals surface area (Å²) in [5.41, 5.74) is 1.06. The van der Waals surface area contributed by atoms with Crippen molar-refractivity contribution in [2.24, 2.45) is 18.9 Å². The molecule has 0 bridgehead atoms. The van der Waals surface area contributed by atoms with Gasteiger partial charge in [-0.2, -0.15) is 5.10 Å². The molecule has 1 amide bonds. The number of piperidine rings is 1. The minimum absolute atomic E-state index is 0.0732. The molecular formula is C20H22FN3OS. The molecule has 1 saturated heterocycles. The minimum Gasteiger partial charge on any atom is -0.337 e. The second kappa shape index (κ2) is 6.50. The molecule has 1 aliphatic heterocycles. The number of carbonyl (C=O) groups excluding carboxylic acids is 1. The molecule has 0 saturated carbocycles. The molecule has 3 aromatic rings. The fraction of sp³-hybridized carbons (Fsp3) is 0.400. The van der Waals surface area contributed by atoms with Gasteiger partial charge in [-0.25, -0.2) is 4.39 Å². The van der Waals surface area contributed by atoms with Crippen LogP contribution in [0.2, 0.25) is 0 Å². The van der Waals surface area contributed by atoms with Gasteiger partial charge in [-0.15, -0.1) is 11.3 Å². The molecule has 26 heavy (non-hydrogen) atoms. The molecule has 2 aromatic heterocycles. The highest BCUT2D eigenvalue weighted by atomic mass is 32.1. The van der Waals surface area contributed by atoms with E-state index < -0.39 is 0 Å². The first-order valence-electron chi connectivity index (χ1n) is 8.94. The summed E-state index contributed by atoms with van der Waals surface area (Å²) in [6, 6.07) is 8.50. The number of aryl methyl sites for hydroxylation is 1. The Morgan fingerprint density at radius 2 is 1.92 bits per heavy atom. The van der Waals surface area contributed by atoms with Crippen molar-refractivity contribution in [3.8, 4) is 11.3 Å². The number of nitrogens with zero attached hydrogens (tertiary/aromatic N) is 3. The second-order valence-electron chi connectivity index (χ2n) is 7.44. The lowest BCUT2D eigenvalue weighted by atomic mass is 9.92. The Hall–Kier alpha value is -2.21. The summed E-state index contributed by atoms with van der Waals surface area (Å²) in [6.07, 6.45) is 1.16. The Kier molecular flexibility index (Phi) is 4.31. The van der Waals surface area contributed by atoms with Gasteiger partial charge in [0.1, 0.15) is 16.3 Å². The molecule has 1 aliphatic rings. The molecule has 6 heteroatoms. The van der Waals surface area contributed by atoms with Gasteiger partial charge in [0, 0.05) is 31.1 Å². The van der Waals surface area contributed by atoms with Crippen LogP contribution in [0.3, 0.4) is 0 Å². The van der Waals surface area contributed by atoms with Crippen LogP contribution in [-0.4, -0.2) is 33.7 Å². The van der Waals surface area contributed by atoms with E-state index in [9.17, 15) is 9.18 Å². The number of halogens is 1. The van der Waals surface area contributed by atoms with Gasteiger partial charge >= 0.3 is 0 Å². The Labute approximate surface area is 156 Å². The Morgan fingerprint density at radius 1 is 1.23 bits per heavy atom. The number of amides is 1. The average Bonchev–Trinajstić information content (AvgIpc) is 3.15. The Bertz CT molecular complexity index is 967. The van der Waals surface area contributed by atoms with E-state index in [0.29, 0.717) is 28.0 Å². The average molecular weight is 371 g/mol. The molecule has 0 aliphatic carbocycles. The summed E-state index contributed by atoms with van der Waals surface area (Å²) >= 11 is 1.44. The van der Waals surface area contributed by atoms with Gasteiger partial charge in [-0.1, -0.05) is 26.0 Å². The molecule has 4 rings (SSSR count). The molecule has 0 spiro atoms. The summed E-state index contributed by atoms with van der Waals surface area (Å²) in [7, 11) is 1.84. The number of aromatic nitrogens is 2. The zero-order chi connectivity index (χ0) is 18.4. The van der Waals surface area contributed by atoms with Crippen LogP contribution in [0.15, 0.2) is 30.3 Å². The van der Waals surface area contributed by atoms with Crippen LogP contribution in [0, 0.1) is 17.7 Å². The highest BCUT2D eigenvalue weighted by Gasteiger charge is 2.28. The van der Waals surface area contributed by atoms with Crippen molar-refractivity contribution in [3.63, 3.8) is 0 Å². The maximum Gasteiger partial charge on any atom is 0.264 e. The van der Waals surface area contributed by atoms with Crippen molar-refractivity contribution in [3.05, 3.63) is 41.0 Å². The van der Waals surface area contributed by atoms with E-state index in [0.717, 1.165) is 29.7 Å². The van der Waals surface area contributed by atoms with E-state index in [2.05, 4.69) is 18.9 Å². The minimum atomic E-state index is -0.301. The van der Waals surface area contributed by atoms with Crippen molar-refractivity contribution in [2.75, 3.05) is 13.1 Å². The number of rotatable bonds is 2. The Balaban J connectivity index is 1.73. The summed E-state index contributed by atoms with van der Waals surface area (Å²) < 4.78 is 16.0. The zero-order valence-electron chi connectivity index (χ0n) is 15.2. The lowest BCUT2D eigenvalue weighted by molar-refractivity contribution is 0.0628. The molecule has 1 fully saturated rings. The molecule has 1 aromatic carbocycles. The number of benzene rings is 1. The van der Waals surface area contributed by atoms with Crippen LogP contribution in [-0.2, 0) is 7.05 Å². The normalized spacial score (nSPS) is 20.7. The first-order chi connectivity index (χ1) is 12.4. The highest BCUT2D eigenvalue weighted by Crippen LogP contribution is 2.35. The van der Waals surface area contributed by atoms with Crippen LogP contribution in [0.1, 0.15) is 29.9 Å². The number of hydrogen-bond donors (Lipinski definition) is 0. The third-order valence-corrected chi connectivity index (χ3v) is 6.20. The van der Waals surface area contributed by atoms with Gasteiger partial charge in [-0.05, 0) is 36.5 Å². The summed E-state index contributed by atoms with van der Waals surface area (Å²) in [4.78, 5) is 16.6. The van der Waals surface area contributed by atoms with Crippen LogP contribution in [0.5, 0.6) is 0 Å². The van der Waals surface area contributed by atoms with E-state index in [4.69, 9.17) is 0 Å². The van der Waals surface area contributed by atoms with Crippen LogP contribution < -0.4 is 0 Å². The first kappa shape index (κ1) is 17.2. The predicted octanol–water partition coefficient (Wildman–Crippen LogP) is 4.56. The van der Waals surface area contributed by atoms with E-state index in [1.165, 1.54) is 17.4 Å². The molecule has 0 N–H and O–H groups in total. The quantitative estimate of drug-likeness (QED) is 0.662.